The van der Waals surface area contributed by atoms with Gasteiger partial charge in [-0.05, 0) is 17.7 Å². The molecule has 0 aliphatic rings. The van der Waals surface area contributed by atoms with Gasteiger partial charge in [0.25, 0.3) is 5.56 Å². The summed E-state index contributed by atoms with van der Waals surface area (Å²) in [6.45, 7) is -0.149. The van der Waals surface area contributed by atoms with Crippen molar-refractivity contribution >= 4 is 11.6 Å². The third-order valence-electron chi connectivity index (χ3n) is 2.33. The summed E-state index contributed by atoms with van der Waals surface area (Å²) in [4.78, 5) is 15.2. The molecule has 0 spiro atoms. The SMILES string of the molecule is O=c1ccc(C(F)(F)F)nn1Cc1ccncc1Cl. The zero-order chi connectivity index (χ0) is 14.0. The van der Waals surface area contributed by atoms with Crippen LogP contribution in [0, 0.1) is 0 Å². The Morgan fingerprint density at radius 3 is 2.63 bits per heavy atom. The van der Waals surface area contributed by atoms with Crippen molar-refractivity contribution in [3.63, 3.8) is 0 Å². The van der Waals surface area contributed by atoms with Crippen LogP contribution in [0.2, 0.25) is 5.02 Å². The predicted molar refractivity (Wildman–Crippen MR) is 61.8 cm³/mol. The standard InChI is InChI=1S/C11H7ClF3N3O/c12-8-5-16-4-3-7(8)6-18-10(19)2-1-9(17-18)11(13,14)15/h1-5H,6H2. The van der Waals surface area contributed by atoms with Crippen LogP contribution in [0.15, 0.2) is 35.4 Å². The fourth-order valence-corrected chi connectivity index (χ4v) is 1.59. The molecule has 2 heterocycles. The smallest absolute Gasteiger partial charge is 0.268 e. The number of halogens is 4. The summed E-state index contributed by atoms with van der Waals surface area (Å²) in [5.74, 6) is 0. The second-order valence-corrected chi connectivity index (χ2v) is 4.09. The van der Waals surface area contributed by atoms with Gasteiger partial charge in [-0.25, -0.2) is 4.68 Å². The fourth-order valence-electron chi connectivity index (χ4n) is 1.41. The molecule has 0 saturated heterocycles. The lowest BCUT2D eigenvalue weighted by molar-refractivity contribution is -0.142. The second kappa shape index (κ2) is 5.00. The average Bonchev–Trinajstić information content (AvgIpc) is 2.33. The van der Waals surface area contributed by atoms with Crippen LogP contribution in [-0.2, 0) is 12.7 Å². The Morgan fingerprint density at radius 2 is 2.00 bits per heavy atom. The molecule has 2 aromatic rings. The number of nitrogens with zero attached hydrogens (tertiary/aromatic N) is 3. The topological polar surface area (TPSA) is 47.8 Å². The van der Waals surface area contributed by atoms with Crippen LogP contribution in [0.4, 0.5) is 13.2 Å². The van der Waals surface area contributed by atoms with Gasteiger partial charge in [0.1, 0.15) is 0 Å². The van der Waals surface area contributed by atoms with Crippen molar-refractivity contribution in [2.24, 2.45) is 0 Å². The number of pyridine rings is 1. The van der Waals surface area contributed by atoms with Crippen LogP contribution in [-0.4, -0.2) is 14.8 Å². The number of alkyl halides is 3. The monoisotopic (exact) mass is 289 g/mol. The van der Waals surface area contributed by atoms with Gasteiger partial charge in [0, 0.05) is 18.5 Å². The Labute approximate surface area is 110 Å². The Bertz CT molecular complexity index is 654. The van der Waals surface area contributed by atoms with Gasteiger partial charge in [0.05, 0.1) is 11.6 Å². The molecule has 0 bridgehead atoms. The highest BCUT2D eigenvalue weighted by molar-refractivity contribution is 6.31. The van der Waals surface area contributed by atoms with E-state index in [0.29, 0.717) is 16.3 Å². The molecule has 2 rings (SSSR count). The molecular formula is C11H7ClF3N3O. The summed E-state index contributed by atoms with van der Waals surface area (Å²) in [6.07, 6.45) is -1.83. The lowest BCUT2D eigenvalue weighted by Gasteiger charge is -2.09. The van der Waals surface area contributed by atoms with Crippen LogP contribution >= 0.6 is 11.6 Å². The Balaban J connectivity index is 2.41. The second-order valence-electron chi connectivity index (χ2n) is 3.68. The quantitative estimate of drug-likeness (QED) is 0.853. The van der Waals surface area contributed by atoms with E-state index in [2.05, 4.69) is 10.1 Å². The van der Waals surface area contributed by atoms with Crippen molar-refractivity contribution in [3.05, 3.63) is 57.2 Å². The first kappa shape index (κ1) is 13.5. The molecule has 0 N–H and O–H groups in total. The van der Waals surface area contributed by atoms with E-state index < -0.39 is 17.4 Å². The molecule has 4 nitrogen and oxygen atoms in total. The van der Waals surface area contributed by atoms with Gasteiger partial charge in [-0.3, -0.25) is 9.78 Å². The van der Waals surface area contributed by atoms with E-state index in [4.69, 9.17) is 11.6 Å². The van der Waals surface area contributed by atoms with Crippen molar-refractivity contribution in [2.45, 2.75) is 12.7 Å². The maximum absolute atomic E-state index is 12.5. The first-order valence-electron chi connectivity index (χ1n) is 5.11. The summed E-state index contributed by atoms with van der Waals surface area (Å²) in [5.41, 5.74) is -1.30. The van der Waals surface area contributed by atoms with Crippen molar-refractivity contribution in [3.8, 4) is 0 Å². The maximum atomic E-state index is 12.5. The van der Waals surface area contributed by atoms with Gasteiger partial charge >= 0.3 is 6.18 Å². The van der Waals surface area contributed by atoms with Gasteiger partial charge in [0.2, 0.25) is 0 Å². The Kier molecular flexibility index (Phi) is 3.57. The van der Waals surface area contributed by atoms with Gasteiger partial charge in [-0.1, -0.05) is 11.6 Å². The molecule has 0 fully saturated rings. The van der Waals surface area contributed by atoms with Crippen molar-refractivity contribution in [1.29, 1.82) is 0 Å². The van der Waals surface area contributed by atoms with E-state index in [-0.39, 0.29) is 11.6 Å². The first-order valence-corrected chi connectivity index (χ1v) is 5.49. The molecule has 0 atom stereocenters. The van der Waals surface area contributed by atoms with E-state index >= 15 is 0 Å². The molecule has 0 amide bonds. The summed E-state index contributed by atoms with van der Waals surface area (Å²) in [6, 6.07) is 2.98. The normalized spacial score (nSPS) is 11.6. The lowest BCUT2D eigenvalue weighted by atomic mass is 10.2. The fraction of sp³-hybridized carbons (Fsp3) is 0.182. The third kappa shape index (κ3) is 3.11. The maximum Gasteiger partial charge on any atom is 0.435 e. The van der Waals surface area contributed by atoms with Gasteiger partial charge in [-0.15, -0.1) is 0 Å². The van der Waals surface area contributed by atoms with E-state index in [1.807, 2.05) is 0 Å². The molecule has 19 heavy (non-hydrogen) atoms. The molecule has 0 aliphatic heterocycles. The van der Waals surface area contributed by atoms with Crippen LogP contribution in [0.3, 0.4) is 0 Å². The molecule has 0 aliphatic carbocycles. The largest absolute Gasteiger partial charge is 0.435 e. The van der Waals surface area contributed by atoms with Crippen molar-refractivity contribution in [2.75, 3.05) is 0 Å². The first-order chi connectivity index (χ1) is 8.88. The Morgan fingerprint density at radius 1 is 1.26 bits per heavy atom. The minimum absolute atomic E-state index is 0.149. The predicted octanol–water partition coefficient (Wildman–Crippen LogP) is 2.36. The molecule has 8 heteroatoms. The average molecular weight is 290 g/mol. The summed E-state index contributed by atoms with van der Waals surface area (Å²) in [5, 5.41) is 3.54. The highest BCUT2D eigenvalue weighted by atomic mass is 35.5. The number of rotatable bonds is 2. The van der Waals surface area contributed by atoms with Crippen molar-refractivity contribution < 1.29 is 13.2 Å². The van der Waals surface area contributed by atoms with Gasteiger partial charge in [0.15, 0.2) is 5.69 Å². The van der Waals surface area contributed by atoms with Gasteiger partial charge < -0.3 is 0 Å². The van der Waals surface area contributed by atoms with Crippen LogP contribution in [0.25, 0.3) is 0 Å². The molecular weight excluding hydrogens is 283 g/mol. The van der Waals surface area contributed by atoms with E-state index in [1.54, 1.807) is 0 Å². The number of hydrogen-bond acceptors (Lipinski definition) is 3. The molecule has 100 valence electrons. The minimum Gasteiger partial charge on any atom is -0.268 e. The molecule has 0 unspecified atom stereocenters. The Hall–Kier alpha value is -1.89. The zero-order valence-electron chi connectivity index (χ0n) is 9.36. The van der Waals surface area contributed by atoms with E-state index in [9.17, 15) is 18.0 Å². The van der Waals surface area contributed by atoms with E-state index in [0.717, 1.165) is 6.07 Å². The van der Waals surface area contributed by atoms with Crippen molar-refractivity contribution in [1.82, 2.24) is 14.8 Å². The summed E-state index contributed by atoms with van der Waals surface area (Å²) in [7, 11) is 0. The third-order valence-corrected chi connectivity index (χ3v) is 2.67. The van der Waals surface area contributed by atoms with Crippen LogP contribution in [0.1, 0.15) is 11.3 Å². The molecule has 0 saturated carbocycles. The summed E-state index contributed by atoms with van der Waals surface area (Å²) < 4.78 is 38.2. The van der Waals surface area contributed by atoms with Gasteiger partial charge in [-0.2, -0.15) is 18.3 Å². The minimum atomic E-state index is -4.60. The highest BCUT2D eigenvalue weighted by Crippen LogP contribution is 2.26. The summed E-state index contributed by atoms with van der Waals surface area (Å²) >= 11 is 5.83. The highest BCUT2D eigenvalue weighted by Gasteiger charge is 2.33. The van der Waals surface area contributed by atoms with Crippen LogP contribution < -0.4 is 5.56 Å². The molecule has 2 aromatic heterocycles. The lowest BCUT2D eigenvalue weighted by Crippen LogP contribution is -2.26. The number of hydrogen-bond donors (Lipinski definition) is 0. The molecule has 0 radical (unpaired) electrons. The zero-order valence-corrected chi connectivity index (χ0v) is 10.1. The van der Waals surface area contributed by atoms with E-state index in [1.165, 1.54) is 18.5 Å². The number of aromatic nitrogens is 3. The molecule has 0 aromatic carbocycles. The van der Waals surface area contributed by atoms with Crippen LogP contribution in [0.5, 0.6) is 0 Å².